The van der Waals surface area contributed by atoms with Gasteiger partial charge < -0.3 is 9.73 Å². The van der Waals surface area contributed by atoms with Gasteiger partial charge in [-0.25, -0.2) is 4.98 Å². The second-order valence-corrected chi connectivity index (χ2v) is 9.07. The number of carbonyl (C=O) groups is 1. The van der Waals surface area contributed by atoms with E-state index in [-0.39, 0.29) is 36.6 Å². The third-order valence-corrected chi connectivity index (χ3v) is 6.17. The van der Waals surface area contributed by atoms with Crippen LogP contribution in [-0.2, 0) is 25.8 Å². The fraction of sp³-hybridized carbons (Fsp3) is 0.214. The van der Waals surface area contributed by atoms with E-state index in [2.05, 4.69) is 10.3 Å². The van der Waals surface area contributed by atoms with E-state index in [1.807, 2.05) is 54.3 Å². The topological polar surface area (TPSA) is 58.4 Å². The van der Waals surface area contributed by atoms with Gasteiger partial charge in [0, 0.05) is 18.1 Å². The van der Waals surface area contributed by atoms with Crippen LogP contribution < -0.4 is 5.32 Å². The summed E-state index contributed by atoms with van der Waals surface area (Å²) in [5, 5.41) is 3.43. The predicted octanol–water partition coefficient (Wildman–Crippen LogP) is 7.04. The fourth-order valence-corrected chi connectivity index (χ4v) is 4.11. The Kier molecular flexibility index (Phi) is 8.31. The smallest absolute Gasteiger partial charge is 0.416 e. The maximum absolute atomic E-state index is 13.2. The first-order valence-corrected chi connectivity index (χ1v) is 12.0. The summed E-state index contributed by atoms with van der Waals surface area (Å²) < 4.78 is 45.3. The molecule has 4 aromatic rings. The molecule has 1 atom stereocenters. The van der Waals surface area contributed by atoms with Gasteiger partial charge in [0.2, 0.25) is 5.89 Å². The second-order valence-electron chi connectivity index (χ2n) is 8.67. The van der Waals surface area contributed by atoms with E-state index in [1.54, 1.807) is 18.2 Å². The standard InChI is InChI=1S/C28H25ClF3N3O2/c1-19(21-9-3-2-4-10-21)33-27(36)25-18-37-26(34-25)17-35(16-22-11-5-6-13-24(22)29)15-20-8-7-12-23(14-20)28(30,31)32/h2-14,18-19H,15-17H2,1H3,(H,33,36)/t19-/m0/s1. The Morgan fingerprint density at radius 1 is 1.00 bits per heavy atom. The molecule has 0 radical (unpaired) electrons. The zero-order valence-electron chi connectivity index (χ0n) is 20.0. The Labute approximate surface area is 217 Å². The molecular formula is C28H25ClF3N3O2. The third kappa shape index (κ3) is 7.21. The molecule has 37 heavy (non-hydrogen) atoms. The number of nitrogens with one attached hydrogen (secondary N) is 1. The SMILES string of the molecule is C[C@H](NC(=O)c1coc(CN(Cc2cccc(C(F)(F)F)c2)Cc2ccccc2Cl)n1)c1ccccc1. The first-order chi connectivity index (χ1) is 17.7. The summed E-state index contributed by atoms with van der Waals surface area (Å²) in [5.41, 5.74) is 1.63. The molecule has 1 amide bonds. The van der Waals surface area contributed by atoms with Crippen molar-refractivity contribution in [2.24, 2.45) is 0 Å². The molecule has 4 rings (SSSR count). The Balaban J connectivity index is 1.50. The number of carbonyl (C=O) groups excluding carboxylic acids is 1. The van der Waals surface area contributed by atoms with Crippen molar-refractivity contribution in [3.05, 3.63) is 124 Å². The van der Waals surface area contributed by atoms with Crippen molar-refractivity contribution in [1.29, 1.82) is 0 Å². The van der Waals surface area contributed by atoms with Crippen LogP contribution in [0.1, 0.15) is 51.6 Å². The van der Waals surface area contributed by atoms with Crippen LogP contribution in [0.15, 0.2) is 89.5 Å². The highest BCUT2D eigenvalue weighted by Gasteiger charge is 2.30. The second kappa shape index (κ2) is 11.6. The molecule has 1 aromatic heterocycles. The van der Waals surface area contributed by atoms with Gasteiger partial charge in [0.1, 0.15) is 6.26 Å². The Hall–Kier alpha value is -3.62. The minimum Gasteiger partial charge on any atom is -0.447 e. The van der Waals surface area contributed by atoms with Gasteiger partial charge in [0.25, 0.3) is 5.91 Å². The molecule has 0 spiro atoms. The zero-order chi connectivity index (χ0) is 26.4. The molecular weight excluding hydrogens is 503 g/mol. The summed E-state index contributed by atoms with van der Waals surface area (Å²) in [6.45, 7) is 2.55. The van der Waals surface area contributed by atoms with Crippen LogP contribution in [0.4, 0.5) is 13.2 Å². The normalized spacial score (nSPS) is 12.5. The van der Waals surface area contributed by atoms with E-state index >= 15 is 0 Å². The lowest BCUT2D eigenvalue weighted by molar-refractivity contribution is -0.137. The number of amides is 1. The lowest BCUT2D eigenvalue weighted by Crippen LogP contribution is -2.27. The predicted molar refractivity (Wildman–Crippen MR) is 135 cm³/mol. The fourth-order valence-electron chi connectivity index (χ4n) is 3.91. The van der Waals surface area contributed by atoms with E-state index in [1.165, 1.54) is 12.3 Å². The molecule has 0 aliphatic heterocycles. The highest BCUT2D eigenvalue weighted by Crippen LogP contribution is 2.30. The molecule has 0 aliphatic rings. The lowest BCUT2D eigenvalue weighted by Gasteiger charge is -2.22. The molecule has 0 bridgehead atoms. The Morgan fingerprint density at radius 2 is 1.73 bits per heavy atom. The zero-order valence-corrected chi connectivity index (χ0v) is 20.8. The van der Waals surface area contributed by atoms with Crippen molar-refractivity contribution in [2.45, 2.75) is 38.8 Å². The van der Waals surface area contributed by atoms with Crippen LogP contribution in [0.2, 0.25) is 5.02 Å². The van der Waals surface area contributed by atoms with Gasteiger partial charge in [0.05, 0.1) is 18.2 Å². The van der Waals surface area contributed by atoms with Crippen molar-refractivity contribution in [3.8, 4) is 0 Å². The van der Waals surface area contributed by atoms with Crippen molar-refractivity contribution in [1.82, 2.24) is 15.2 Å². The van der Waals surface area contributed by atoms with Gasteiger partial charge in [-0.15, -0.1) is 0 Å². The van der Waals surface area contributed by atoms with E-state index < -0.39 is 11.7 Å². The maximum atomic E-state index is 13.2. The number of alkyl halides is 3. The van der Waals surface area contributed by atoms with Crippen molar-refractivity contribution >= 4 is 17.5 Å². The number of oxazole rings is 1. The molecule has 1 heterocycles. The number of hydrogen-bond acceptors (Lipinski definition) is 4. The van der Waals surface area contributed by atoms with Gasteiger partial charge in [-0.05, 0) is 35.7 Å². The minimum absolute atomic E-state index is 0.120. The Bertz CT molecular complexity index is 1340. The van der Waals surface area contributed by atoms with Gasteiger partial charge >= 0.3 is 6.18 Å². The first kappa shape index (κ1) is 26.4. The monoisotopic (exact) mass is 527 g/mol. The van der Waals surface area contributed by atoms with Crippen molar-refractivity contribution in [2.75, 3.05) is 0 Å². The first-order valence-electron chi connectivity index (χ1n) is 11.6. The minimum atomic E-state index is -4.44. The van der Waals surface area contributed by atoms with Gasteiger partial charge in [0.15, 0.2) is 5.69 Å². The molecule has 0 saturated carbocycles. The molecule has 5 nitrogen and oxygen atoms in total. The summed E-state index contributed by atoms with van der Waals surface area (Å²) >= 11 is 6.34. The molecule has 0 unspecified atom stereocenters. The van der Waals surface area contributed by atoms with Crippen molar-refractivity contribution < 1.29 is 22.4 Å². The largest absolute Gasteiger partial charge is 0.447 e. The van der Waals surface area contributed by atoms with E-state index in [4.69, 9.17) is 16.0 Å². The Morgan fingerprint density at radius 3 is 2.46 bits per heavy atom. The molecule has 192 valence electrons. The van der Waals surface area contributed by atoms with Crippen LogP contribution in [0.25, 0.3) is 0 Å². The number of aromatic nitrogens is 1. The van der Waals surface area contributed by atoms with Crippen LogP contribution in [0, 0.1) is 0 Å². The molecule has 0 fully saturated rings. The van der Waals surface area contributed by atoms with E-state index in [9.17, 15) is 18.0 Å². The number of hydrogen-bond donors (Lipinski definition) is 1. The van der Waals surface area contributed by atoms with Gasteiger partial charge in [-0.3, -0.25) is 9.69 Å². The van der Waals surface area contributed by atoms with Crippen molar-refractivity contribution in [3.63, 3.8) is 0 Å². The quantitative estimate of drug-likeness (QED) is 0.253. The van der Waals surface area contributed by atoms with Gasteiger partial charge in [-0.1, -0.05) is 78.3 Å². The van der Waals surface area contributed by atoms with Gasteiger partial charge in [-0.2, -0.15) is 13.2 Å². The maximum Gasteiger partial charge on any atom is 0.416 e. The molecule has 3 aromatic carbocycles. The number of nitrogens with zero attached hydrogens (tertiary/aromatic N) is 2. The van der Waals surface area contributed by atoms with E-state index in [0.29, 0.717) is 17.1 Å². The number of benzene rings is 3. The average Bonchev–Trinajstić information content (AvgIpc) is 3.34. The number of halogens is 4. The van der Waals surface area contributed by atoms with Crippen LogP contribution >= 0.6 is 11.6 Å². The lowest BCUT2D eigenvalue weighted by atomic mass is 10.1. The highest BCUT2D eigenvalue weighted by molar-refractivity contribution is 6.31. The molecule has 9 heteroatoms. The molecule has 1 N–H and O–H groups in total. The third-order valence-electron chi connectivity index (χ3n) is 5.80. The summed E-state index contributed by atoms with van der Waals surface area (Å²) in [5.74, 6) is -0.126. The summed E-state index contributed by atoms with van der Waals surface area (Å²) in [6, 6.07) is 21.7. The average molecular weight is 528 g/mol. The summed E-state index contributed by atoms with van der Waals surface area (Å²) in [4.78, 5) is 18.9. The van der Waals surface area contributed by atoms with Crippen LogP contribution in [0.3, 0.4) is 0 Å². The highest BCUT2D eigenvalue weighted by atomic mass is 35.5. The van der Waals surface area contributed by atoms with Crippen LogP contribution in [0.5, 0.6) is 0 Å². The summed E-state index contributed by atoms with van der Waals surface area (Å²) in [7, 11) is 0. The molecule has 0 aliphatic carbocycles. The molecule has 0 saturated heterocycles. The van der Waals surface area contributed by atoms with Crippen LogP contribution in [-0.4, -0.2) is 15.8 Å². The van der Waals surface area contributed by atoms with E-state index in [0.717, 1.165) is 23.3 Å². The summed E-state index contributed by atoms with van der Waals surface area (Å²) in [6.07, 6.45) is -3.16. The number of rotatable bonds is 9.